The summed E-state index contributed by atoms with van der Waals surface area (Å²) in [7, 11) is 0. The van der Waals surface area contributed by atoms with E-state index >= 15 is 0 Å². The Morgan fingerprint density at radius 1 is 1.57 bits per heavy atom. The van der Waals surface area contributed by atoms with Crippen LogP contribution in [-0.2, 0) is 0 Å². The lowest BCUT2D eigenvalue weighted by atomic mass is 9.96. The lowest BCUT2D eigenvalue weighted by molar-refractivity contribution is 0.481. The van der Waals surface area contributed by atoms with Crippen molar-refractivity contribution in [2.45, 2.75) is 39.2 Å². The molecule has 1 atom stereocenters. The Morgan fingerprint density at radius 2 is 2.29 bits per heavy atom. The Bertz CT molecular complexity index is 289. The summed E-state index contributed by atoms with van der Waals surface area (Å²) in [6, 6.07) is 0. The minimum Gasteiger partial charge on any atom is -0.355 e. The number of rotatable bonds is 5. The van der Waals surface area contributed by atoms with Crippen LogP contribution in [0.1, 0.15) is 32.5 Å². The van der Waals surface area contributed by atoms with Gasteiger partial charge in [-0.2, -0.15) is 4.37 Å². The van der Waals surface area contributed by atoms with Crippen LogP contribution in [0.4, 0.5) is 5.13 Å². The van der Waals surface area contributed by atoms with Gasteiger partial charge in [0, 0.05) is 23.0 Å². The van der Waals surface area contributed by atoms with Gasteiger partial charge in [-0.25, -0.2) is 4.98 Å². The highest BCUT2D eigenvalue weighted by Gasteiger charge is 2.22. The van der Waals surface area contributed by atoms with Crippen LogP contribution in [0.3, 0.4) is 0 Å². The molecule has 0 radical (unpaired) electrons. The van der Waals surface area contributed by atoms with Crippen molar-refractivity contribution in [3.05, 3.63) is 5.82 Å². The van der Waals surface area contributed by atoms with Crippen LogP contribution in [0.5, 0.6) is 0 Å². The van der Waals surface area contributed by atoms with Gasteiger partial charge in [-0.3, -0.25) is 0 Å². The normalized spacial score (nSPS) is 15.1. The Hall–Kier alpha value is -0.350. The maximum Gasteiger partial charge on any atom is 0.202 e. The number of aryl methyl sites for hydroxylation is 1. The van der Waals surface area contributed by atoms with E-state index in [1.54, 1.807) is 0 Å². The molecule has 80 valence electrons. The third kappa shape index (κ3) is 3.10. The summed E-state index contributed by atoms with van der Waals surface area (Å²) in [6.07, 6.45) is 1.96. The predicted molar refractivity (Wildman–Crippen MR) is 62.3 cm³/mol. The second-order valence-electron chi connectivity index (χ2n) is 3.62. The summed E-state index contributed by atoms with van der Waals surface area (Å²) >= 11 is 7.17. The molecule has 1 rings (SSSR count). The van der Waals surface area contributed by atoms with Gasteiger partial charge in [0.15, 0.2) is 0 Å². The zero-order valence-corrected chi connectivity index (χ0v) is 10.4. The third-order valence-electron chi connectivity index (χ3n) is 2.36. The van der Waals surface area contributed by atoms with Crippen molar-refractivity contribution in [3.8, 4) is 0 Å². The predicted octanol–water partition coefficient (Wildman–Crippen LogP) is 3.06. The van der Waals surface area contributed by atoms with E-state index in [-0.39, 0.29) is 5.54 Å². The fourth-order valence-electron chi connectivity index (χ4n) is 1.14. The molecular formula is C9H16ClN3S. The highest BCUT2D eigenvalue weighted by Crippen LogP contribution is 2.23. The van der Waals surface area contributed by atoms with E-state index in [2.05, 4.69) is 28.5 Å². The maximum atomic E-state index is 5.76. The van der Waals surface area contributed by atoms with Gasteiger partial charge in [0.25, 0.3) is 0 Å². The van der Waals surface area contributed by atoms with Gasteiger partial charge in [-0.1, -0.05) is 6.92 Å². The highest BCUT2D eigenvalue weighted by molar-refractivity contribution is 7.09. The molecule has 1 N–H and O–H groups in total. The van der Waals surface area contributed by atoms with E-state index in [4.69, 9.17) is 11.6 Å². The molecule has 0 saturated heterocycles. The molecule has 1 heterocycles. The Morgan fingerprint density at radius 3 is 2.71 bits per heavy atom. The molecule has 0 aliphatic heterocycles. The molecule has 1 aromatic rings. The number of hydrogen-bond donors (Lipinski definition) is 1. The summed E-state index contributed by atoms with van der Waals surface area (Å²) in [6.45, 7) is 6.20. The van der Waals surface area contributed by atoms with Crippen molar-refractivity contribution in [3.63, 3.8) is 0 Å². The number of halogens is 1. The quantitative estimate of drug-likeness (QED) is 0.795. The Balaban J connectivity index is 2.64. The van der Waals surface area contributed by atoms with Crippen molar-refractivity contribution in [1.29, 1.82) is 0 Å². The average Bonchev–Trinajstić information content (AvgIpc) is 2.51. The van der Waals surface area contributed by atoms with Gasteiger partial charge in [0.05, 0.1) is 0 Å². The third-order valence-corrected chi connectivity index (χ3v) is 3.27. The molecule has 14 heavy (non-hydrogen) atoms. The summed E-state index contributed by atoms with van der Waals surface area (Å²) in [5, 5.41) is 4.27. The van der Waals surface area contributed by atoms with Crippen LogP contribution in [0.2, 0.25) is 0 Å². The van der Waals surface area contributed by atoms with Crippen molar-refractivity contribution in [2.24, 2.45) is 0 Å². The number of nitrogens with one attached hydrogen (secondary N) is 1. The van der Waals surface area contributed by atoms with E-state index in [9.17, 15) is 0 Å². The number of aromatic nitrogens is 2. The van der Waals surface area contributed by atoms with Gasteiger partial charge in [0.1, 0.15) is 5.82 Å². The molecule has 0 aromatic carbocycles. The number of anilines is 1. The minimum atomic E-state index is 0.0354. The zero-order chi connectivity index (χ0) is 10.6. The van der Waals surface area contributed by atoms with E-state index in [1.807, 2.05) is 6.92 Å². The first-order valence-corrected chi connectivity index (χ1v) is 6.05. The molecule has 0 fully saturated rings. The lowest BCUT2D eigenvalue weighted by Crippen LogP contribution is -2.34. The molecule has 1 aromatic heterocycles. The molecule has 0 spiro atoms. The summed E-state index contributed by atoms with van der Waals surface area (Å²) in [4.78, 5) is 4.28. The SMILES string of the molecule is CCC(C)(CCCl)Nc1nc(C)ns1. The molecule has 0 saturated carbocycles. The zero-order valence-electron chi connectivity index (χ0n) is 8.80. The Kier molecular flexibility index (Phi) is 4.13. The lowest BCUT2D eigenvalue weighted by Gasteiger charge is -2.28. The number of alkyl halides is 1. The van der Waals surface area contributed by atoms with Crippen LogP contribution in [0, 0.1) is 6.92 Å². The second-order valence-corrected chi connectivity index (χ2v) is 4.75. The monoisotopic (exact) mass is 233 g/mol. The van der Waals surface area contributed by atoms with E-state index < -0.39 is 0 Å². The number of hydrogen-bond acceptors (Lipinski definition) is 4. The van der Waals surface area contributed by atoms with Gasteiger partial charge in [-0.05, 0) is 26.7 Å². The molecule has 5 heteroatoms. The summed E-state index contributed by atoms with van der Waals surface area (Å²) in [5.41, 5.74) is 0.0354. The molecule has 0 aliphatic rings. The molecule has 3 nitrogen and oxygen atoms in total. The van der Waals surface area contributed by atoms with Crippen LogP contribution in [0.15, 0.2) is 0 Å². The molecular weight excluding hydrogens is 218 g/mol. The van der Waals surface area contributed by atoms with Crippen molar-refractivity contribution in [2.75, 3.05) is 11.2 Å². The average molecular weight is 234 g/mol. The molecule has 1 unspecified atom stereocenters. The maximum absolute atomic E-state index is 5.76. The summed E-state index contributed by atoms with van der Waals surface area (Å²) in [5.74, 6) is 1.48. The van der Waals surface area contributed by atoms with Gasteiger partial charge < -0.3 is 5.32 Å². The van der Waals surface area contributed by atoms with E-state index in [0.29, 0.717) is 5.88 Å². The standard InChI is InChI=1S/C9H16ClN3S/c1-4-9(3,5-6-10)12-8-11-7(2)13-14-8/h4-6H2,1-3H3,(H,11,12,13). The molecule has 0 aliphatic carbocycles. The first-order chi connectivity index (χ1) is 6.59. The Labute approximate surface area is 94.1 Å². The minimum absolute atomic E-state index is 0.0354. The molecule has 0 amide bonds. The van der Waals surface area contributed by atoms with Crippen molar-refractivity contribution >= 4 is 28.3 Å². The summed E-state index contributed by atoms with van der Waals surface area (Å²) < 4.78 is 4.13. The highest BCUT2D eigenvalue weighted by atomic mass is 35.5. The number of nitrogens with zero attached hydrogens (tertiary/aromatic N) is 2. The van der Waals surface area contributed by atoms with E-state index in [0.717, 1.165) is 23.8 Å². The van der Waals surface area contributed by atoms with Gasteiger partial charge in [0.2, 0.25) is 5.13 Å². The topological polar surface area (TPSA) is 37.8 Å². The first kappa shape index (κ1) is 11.7. The molecule has 0 bridgehead atoms. The van der Waals surface area contributed by atoms with Crippen molar-refractivity contribution < 1.29 is 0 Å². The first-order valence-electron chi connectivity index (χ1n) is 4.74. The van der Waals surface area contributed by atoms with Crippen molar-refractivity contribution in [1.82, 2.24) is 9.36 Å². The van der Waals surface area contributed by atoms with Gasteiger partial charge >= 0.3 is 0 Å². The van der Waals surface area contributed by atoms with Crippen LogP contribution < -0.4 is 5.32 Å². The second kappa shape index (κ2) is 4.94. The largest absolute Gasteiger partial charge is 0.355 e. The van der Waals surface area contributed by atoms with Crippen LogP contribution >= 0.6 is 23.1 Å². The smallest absolute Gasteiger partial charge is 0.202 e. The fourth-order valence-corrected chi connectivity index (χ4v) is 2.28. The van der Waals surface area contributed by atoms with Crippen LogP contribution in [-0.4, -0.2) is 20.8 Å². The van der Waals surface area contributed by atoms with Gasteiger partial charge in [-0.15, -0.1) is 11.6 Å². The van der Waals surface area contributed by atoms with E-state index in [1.165, 1.54) is 11.5 Å². The fraction of sp³-hybridized carbons (Fsp3) is 0.778. The van der Waals surface area contributed by atoms with Crippen LogP contribution in [0.25, 0.3) is 0 Å².